The summed E-state index contributed by atoms with van der Waals surface area (Å²) in [4.78, 5) is 24.4. The van der Waals surface area contributed by atoms with E-state index < -0.39 is 6.10 Å². The molecule has 1 aromatic carbocycles. The molecule has 20 heavy (non-hydrogen) atoms. The van der Waals surface area contributed by atoms with Crippen LogP contribution < -0.4 is 5.32 Å². The van der Waals surface area contributed by atoms with Crippen molar-refractivity contribution in [1.29, 1.82) is 0 Å². The topological polar surface area (TPSA) is 66.4 Å². The van der Waals surface area contributed by atoms with E-state index in [1.54, 1.807) is 0 Å². The summed E-state index contributed by atoms with van der Waals surface area (Å²) in [6.45, 7) is 0. The van der Waals surface area contributed by atoms with Gasteiger partial charge in [-0.2, -0.15) is 0 Å². The highest BCUT2D eigenvalue weighted by Gasteiger charge is 2.42. The number of rotatable bonds is 0. The molecule has 1 aliphatic heterocycles. The Balaban J connectivity index is 2.01. The standard InChI is InChI=1S/C16H15NO3/c18-11-7-12(19)17-15-9-5-1-3-8-4-2-6-10(13(8)9)16(20)14(11)15/h1,3,5,10-11,18H,2,4,6-7H2,(H,17,19). The molecule has 3 aliphatic rings. The van der Waals surface area contributed by atoms with Gasteiger partial charge in [-0.15, -0.1) is 0 Å². The highest BCUT2D eigenvalue weighted by molar-refractivity contribution is 6.14. The van der Waals surface area contributed by atoms with E-state index in [9.17, 15) is 14.7 Å². The lowest BCUT2D eigenvalue weighted by atomic mass is 9.70. The summed E-state index contributed by atoms with van der Waals surface area (Å²) in [5.41, 5.74) is 4.13. The van der Waals surface area contributed by atoms with E-state index in [0.717, 1.165) is 30.4 Å². The number of amides is 1. The molecule has 0 spiro atoms. The van der Waals surface area contributed by atoms with Gasteiger partial charge >= 0.3 is 0 Å². The molecule has 2 N–H and O–H groups in total. The van der Waals surface area contributed by atoms with Gasteiger partial charge in [-0.05, 0) is 30.4 Å². The molecular weight excluding hydrogens is 254 g/mol. The average Bonchev–Trinajstić information content (AvgIpc) is 2.43. The van der Waals surface area contributed by atoms with Crippen LogP contribution in [0, 0.1) is 0 Å². The fraction of sp³-hybridized carbons (Fsp3) is 0.375. The van der Waals surface area contributed by atoms with E-state index >= 15 is 0 Å². The van der Waals surface area contributed by atoms with Crippen molar-refractivity contribution in [2.75, 3.05) is 0 Å². The Hall–Kier alpha value is -1.94. The maximum Gasteiger partial charge on any atom is 0.227 e. The number of hydrogen-bond donors (Lipinski definition) is 2. The fourth-order valence-corrected chi connectivity index (χ4v) is 3.75. The van der Waals surface area contributed by atoms with Crippen molar-refractivity contribution in [2.24, 2.45) is 0 Å². The SMILES string of the molecule is O=C1CC(O)C2=C(N1)c1cccc3c1C(CCC3)C2=O. The minimum atomic E-state index is -0.968. The molecule has 0 aromatic heterocycles. The highest BCUT2D eigenvalue weighted by Crippen LogP contribution is 2.44. The van der Waals surface area contributed by atoms with Crippen molar-refractivity contribution in [3.63, 3.8) is 0 Å². The number of aliphatic hydroxyl groups is 1. The van der Waals surface area contributed by atoms with Gasteiger partial charge in [-0.25, -0.2) is 0 Å². The Bertz CT molecular complexity index is 674. The van der Waals surface area contributed by atoms with Crippen molar-refractivity contribution in [3.8, 4) is 0 Å². The number of carbonyl (C=O) groups excluding carboxylic acids is 2. The van der Waals surface area contributed by atoms with Crippen molar-refractivity contribution < 1.29 is 14.7 Å². The molecule has 2 unspecified atom stereocenters. The van der Waals surface area contributed by atoms with Crippen LogP contribution in [0.2, 0.25) is 0 Å². The summed E-state index contributed by atoms with van der Waals surface area (Å²) in [5.74, 6) is -0.374. The van der Waals surface area contributed by atoms with Crippen LogP contribution in [0.4, 0.5) is 0 Å². The zero-order chi connectivity index (χ0) is 13.9. The zero-order valence-corrected chi connectivity index (χ0v) is 11.0. The van der Waals surface area contributed by atoms with E-state index in [-0.39, 0.29) is 24.0 Å². The van der Waals surface area contributed by atoms with Gasteiger partial charge in [0.2, 0.25) is 5.91 Å². The van der Waals surface area contributed by atoms with Crippen molar-refractivity contribution >= 4 is 17.4 Å². The second-order valence-electron chi connectivity index (χ2n) is 5.74. The molecule has 2 aliphatic carbocycles. The van der Waals surface area contributed by atoms with Crippen LogP contribution in [-0.4, -0.2) is 22.9 Å². The Labute approximate surface area is 116 Å². The molecule has 0 bridgehead atoms. The Morgan fingerprint density at radius 3 is 2.95 bits per heavy atom. The number of Topliss-reactive ketones (excluding diaryl/α,β-unsaturated/α-hetero) is 1. The number of aliphatic hydroxyl groups excluding tert-OH is 1. The summed E-state index contributed by atoms with van der Waals surface area (Å²) in [6.07, 6.45) is 1.82. The third kappa shape index (κ3) is 1.45. The Morgan fingerprint density at radius 1 is 1.25 bits per heavy atom. The van der Waals surface area contributed by atoms with E-state index in [1.807, 2.05) is 12.1 Å². The normalized spacial score (nSPS) is 27.9. The summed E-state index contributed by atoms with van der Waals surface area (Å²) in [5, 5.41) is 12.9. The smallest absolute Gasteiger partial charge is 0.227 e. The summed E-state index contributed by atoms with van der Waals surface area (Å²) in [6, 6.07) is 5.96. The van der Waals surface area contributed by atoms with Gasteiger partial charge in [0, 0.05) is 17.1 Å². The highest BCUT2D eigenvalue weighted by atomic mass is 16.3. The first-order valence-electron chi connectivity index (χ1n) is 7.05. The average molecular weight is 269 g/mol. The Morgan fingerprint density at radius 2 is 2.10 bits per heavy atom. The van der Waals surface area contributed by atoms with Crippen LogP contribution >= 0.6 is 0 Å². The van der Waals surface area contributed by atoms with Crippen LogP contribution in [0.15, 0.2) is 23.8 Å². The molecule has 102 valence electrons. The molecule has 0 fully saturated rings. The molecule has 0 saturated carbocycles. The Kier molecular flexibility index (Phi) is 2.39. The molecule has 4 rings (SSSR count). The van der Waals surface area contributed by atoms with Gasteiger partial charge in [0.15, 0.2) is 5.78 Å². The van der Waals surface area contributed by atoms with Crippen LogP contribution in [0.1, 0.15) is 41.9 Å². The quantitative estimate of drug-likeness (QED) is 0.745. The number of ketones is 1. The summed E-state index contributed by atoms with van der Waals surface area (Å²) >= 11 is 0. The lowest BCUT2D eigenvalue weighted by molar-refractivity contribution is -0.123. The van der Waals surface area contributed by atoms with Gasteiger partial charge in [-0.1, -0.05) is 18.2 Å². The van der Waals surface area contributed by atoms with Crippen molar-refractivity contribution in [3.05, 3.63) is 40.5 Å². The van der Waals surface area contributed by atoms with E-state index in [4.69, 9.17) is 0 Å². The first-order valence-corrected chi connectivity index (χ1v) is 7.05. The first kappa shape index (κ1) is 11.9. The maximum atomic E-state index is 12.7. The minimum Gasteiger partial charge on any atom is -0.388 e. The molecule has 4 heteroatoms. The number of benzene rings is 1. The van der Waals surface area contributed by atoms with Gasteiger partial charge in [0.25, 0.3) is 0 Å². The second kappa shape index (κ2) is 4.03. The summed E-state index contributed by atoms with van der Waals surface area (Å²) in [7, 11) is 0. The van der Waals surface area contributed by atoms with E-state index in [0.29, 0.717) is 11.3 Å². The van der Waals surface area contributed by atoms with Crippen LogP contribution in [0.3, 0.4) is 0 Å². The number of fused-ring (bicyclic) bond motifs is 1. The minimum absolute atomic E-state index is 0.00727. The van der Waals surface area contributed by atoms with E-state index in [1.165, 1.54) is 5.56 Å². The molecule has 1 aromatic rings. The number of carbonyl (C=O) groups is 2. The number of nitrogens with one attached hydrogen (secondary N) is 1. The second-order valence-corrected chi connectivity index (χ2v) is 5.74. The molecule has 0 radical (unpaired) electrons. The molecule has 0 saturated heterocycles. The predicted molar refractivity (Wildman–Crippen MR) is 72.8 cm³/mol. The zero-order valence-electron chi connectivity index (χ0n) is 11.0. The van der Waals surface area contributed by atoms with Crippen molar-refractivity contribution in [2.45, 2.75) is 37.7 Å². The number of hydrogen-bond acceptors (Lipinski definition) is 3. The van der Waals surface area contributed by atoms with Crippen LogP contribution in [-0.2, 0) is 16.0 Å². The first-order chi connectivity index (χ1) is 9.66. The third-order valence-corrected chi connectivity index (χ3v) is 4.58. The van der Waals surface area contributed by atoms with E-state index in [2.05, 4.69) is 11.4 Å². The van der Waals surface area contributed by atoms with Gasteiger partial charge in [-0.3, -0.25) is 9.59 Å². The lowest BCUT2D eigenvalue weighted by Gasteiger charge is -2.36. The predicted octanol–water partition coefficient (Wildman–Crippen LogP) is 1.28. The van der Waals surface area contributed by atoms with Crippen LogP contribution in [0.25, 0.3) is 5.70 Å². The fourth-order valence-electron chi connectivity index (χ4n) is 3.75. The third-order valence-electron chi connectivity index (χ3n) is 4.58. The van der Waals surface area contributed by atoms with Gasteiger partial charge in [0.05, 0.1) is 18.2 Å². The number of aryl methyl sites for hydroxylation is 1. The molecule has 4 nitrogen and oxygen atoms in total. The lowest BCUT2D eigenvalue weighted by Crippen LogP contribution is -2.42. The van der Waals surface area contributed by atoms with Gasteiger partial charge in [0.1, 0.15) is 0 Å². The molecule has 1 heterocycles. The maximum absolute atomic E-state index is 12.7. The summed E-state index contributed by atoms with van der Waals surface area (Å²) < 4.78 is 0. The molecule has 1 amide bonds. The van der Waals surface area contributed by atoms with Crippen LogP contribution in [0.5, 0.6) is 0 Å². The molecular formula is C16H15NO3. The largest absolute Gasteiger partial charge is 0.388 e. The van der Waals surface area contributed by atoms with Crippen molar-refractivity contribution in [1.82, 2.24) is 5.32 Å². The monoisotopic (exact) mass is 269 g/mol. The molecule has 2 atom stereocenters. The van der Waals surface area contributed by atoms with Gasteiger partial charge < -0.3 is 10.4 Å².